The number of nitrogens with zero attached hydrogens (tertiary/aromatic N) is 1. The van der Waals surface area contributed by atoms with Crippen molar-refractivity contribution in [2.45, 2.75) is 38.3 Å². The number of carbonyl (C=O) groups is 1. The van der Waals surface area contributed by atoms with E-state index in [9.17, 15) is 4.79 Å². The molecule has 2 rings (SSSR count). The number of aryl methyl sites for hydroxylation is 1. The fourth-order valence-electron chi connectivity index (χ4n) is 1.39. The van der Waals surface area contributed by atoms with Gasteiger partial charge in [0.2, 0.25) is 5.91 Å². The van der Waals surface area contributed by atoms with Crippen molar-refractivity contribution in [3.05, 3.63) is 17.5 Å². The van der Waals surface area contributed by atoms with Crippen LogP contribution in [-0.2, 0) is 17.8 Å². The van der Waals surface area contributed by atoms with Crippen LogP contribution in [0, 0.1) is 0 Å². The standard InChI is InChI=1S/C10H16N4O/c1-2-7-5-8(14-13-7)6-12-9(15)10(11)3-4-10/h5H,2-4,6,11H2,1H3,(H,12,15)(H,13,14). The quantitative estimate of drug-likeness (QED) is 0.655. The topological polar surface area (TPSA) is 83.8 Å². The van der Waals surface area contributed by atoms with E-state index in [1.54, 1.807) is 0 Å². The van der Waals surface area contributed by atoms with Crippen LogP contribution in [0.2, 0.25) is 0 Å². The van der Waals surface area contributed by atoms with Gasteiger partial charge in [0.1, 0.15) is 0 Å². The Morgan fingerprint density at radius 3 is 3.00 bits per heavy atom. The maximum Gasteiger partial charge on any atom is 0.240 e. The lowest BCUT2D eigenvalue weighted by Gasteiger charge is -2.08. The fraction of sp³-hybridized carbons (Fsp3) is 0.600. The Hall–Kier alpha value is -1.36. The van der Waals surface area contributed by atoms with E-state index in [0.717, 1.165) is 30.7 Å². The van der Waals surface area contributed by atoms with E-state index in [0.29, 0.717) is 6.54 Å². The van der Waals surface area contributed by atoms with Crippen LogP contribution in [0.3, 0.4) is 0 Å². The SMILES string of the molecule is CCc1cc(CNC(=O)C2(N)CC2)[nH]n1. The van der Waals surface area contributed by atoms with Gasteiger partial charge < -0.3 is 11.1 Å². The number of aromatic amines is 1. The van der Waals surface area contributed by atoms with E-state index in [1.165, 1.54) is 0 Å². The molecule has 0 saturated heterocycles. The van der Waals surface area contributed by atoms with Crippen molar-refractivity contribution in [1.82, 2.24) is 15.5 Å². The van der Waals surface area contributed by atoms with Crippen molar-refractivity contribution in [3.8, 4) is 0 Å². The summed E-state index contributed by atoms with van der Waals surface area (Å²) in [7, 11) is 0. The predicted molar refractivity (Wildman–Crippen MR) is 56.0 cm³/mol. The van der Waals surface area contributed by atoms with Gasteiger partial charge in [-0.2, -0.15) is 5.10 Å². The van der Waals surface area contributed by atoms with Crippen LogP contribution >= 0.6 is 0 Å². The Kier molecular flexibility index (Phi) is 2.48. The lowest BCUT2D eigenvalue weighted by molar-refractivity contribution is -0.123. The first-order chi connectivity index (χ1) is 7.14. The van der Waals surface area contributed by atoms with Crippen LogP contribution in [0.4, 0.5) is 0 Å². The van der Waals surface area contributed by atoms with Gasteiger partial charge in [-0.1, -0.05) is 6.92 Å². The largest absolute Gasteiger partial charge is 0.349 e. The fourth-order valence-corrected chi connectivity index (χ4v) is 1.39. The minimum Gasteiger partial charge on any atom is -0.349 e. The molecular formula is C10H16N4O. The van der Waals surface area contributed by atoms with Crippen LogP contribution in [-0.4, -0.2) is 21.6 Å². The molecule has 1 heterocycles. The van der Waals surface area contributed by atoms with E-state index in [4.69, 9.17) is 5.73 Å². The summed E-state index contributed by atoms with van der Waals surface area (Å²) in [5, 5.41) is 9.76. The first-order valence-corrected chi connectivity index (χ1v) is 5.24. The molecule has 82 valence electrons. The smallest absolute Gasteiger partial charge is 0.240 e. The van der Waals surface area contributed by atoms with Crippen molar-refractivity contribution in [1.29, 1.82) is 0 Å². The van der Waals surface area contributed by atoms with Gasteiger partial charge in [0.15, 0.2) is 0 Å². The summed E-state index contributed by atoms with van der Waals surface area (Å²) in [6.07, 6.45) is 2.48. The molecular weight excluding hydrogens is 192 g/mol. The Labute approximate surface area is 88.4 Å². The molecule has 0 spiro atoms. The van der Waals surface area contributed by atoms with Gasteiger partial charge in [0.05, 0.1) is 23.5 Å². The summed E-state index contributed by atoms with van der Waals surface area (Å²) in [4.78, 5) is 11.5. The third-order valence-corrected chi connectivity index (χ3v) is 2.73. The maximum absolute atomic E-state index is 11.5. The molecule has 4 N–H and O–H groups in total. The molecule has 0 atom stereocenters. The molecule has 1 aliphatic rings. The van der Waals surface area contributed by atoms with Crippen LogP contribution in [0.25, 0.3) is 0 Å². The summed E-state index contributed by atoms with van der Waals surface area (Å²) < 4.78 is 0. The predicted octanol–water partition coefficient (Wildman–Crippen LogP) is 0.0796. The lowest BCUT2D eigenvalue weighted by atomic mass is 10.2. The van der Waals surface area contributed by atoms with Gasteiger partial charge in [-0.15, -0.1) is 0 Å². The molecule has 15 heavy (non-hydrogen) atoms. The zero-order chi connectivity index (χ0) is 10.9. The Bertz CT molecular complexity index is 367. The van der Waals surface area contributed by atoms with Crippen LogP contribution in [0.5, 0.6) is 0 Å². The highest BCUT2D eigenvalue weighted by molar-refractivity contribution is 5.88. The molecule has 0 unspecified atom stereocenters. The van der Waals surface area contributed by atoms with Crippen LogP contribution in [0.15, 0.2) is 6.07 Å². The van der Waals surface area contributed by atoms with E-state index in [2.05, 4.69) is 15.5 Å². The van der Waals surface area contributed by atoms with Crippen molar-refractivity contribution in [2.75, 3.05) is 0 Å². The zero-order valence-corrected chi connectivity index (χ0v) is 8.84. The summed E-state index contributed by atoms with van der Waals surface area (Å²) >= 11 is 0. The summed E-state index contributed by atoms with van der Waals surface area (Å²) in [5.74, 6) is -0.0600. The number of nitrogens with one attached hydrogen (secondary N) is 2. The lowest BCUT2D eigenvalue weighted by Crippen LogP contribution is -2.42. The first-order valence-electron chi connectivity index (χ1n) is 5.24. The second kappa shape index (κ2) is 3.66. The number of carbonyl (C=O) groups excluding carboxylic acids is 1. The zero-order valence-electron chi connectivity index (χ0n) is 8.84. The van der Waals surface area contributed by atoms with Gasteiger partial charge in [-0.3, -0.25) is 9.89 Å². The van der Waals surface area contributed by atoms with E-state index < -0.39 is 5.54 Å². The third-order valence-electron chi connectivity index (χ3n) is 2.73. The van der Waals surface area contributed by atoms with Crippen molar-refractivity contribution in [2.24, 2.45) is 5.73 Å². The molecule has 1 amide bonds. The first kappa shape index (κ1) is 10.2. The molecule has 0 aromatic carbocycles. The minimum absolute atomic E-state index is 0.0600. The molecule has 1 aromatic rings. The van der Waals surface area contributed by atoms with Gasteiger partial charge in [-0.05, 0) is 25.3 Å². The van der Waals surface area contributed by atoms with Crippen molar-refractivity contribution in [3.63, 3.8) is 0 Å². The number of hydrogen-bond acceptors (Lipinski definition) is 3. The summed E-state index contributed by atoms with van der Waals surface area (Å²) in [6.45, 7) is 2.52. The molecule has 0 aliphatic heterocycles. The molecule has 1 fully saturated rings. The highest BCUT2D eigenvalue weighted by Crippen LogP contribution is 2.32. The van der Waals surface area contributed by atoms with Crippen molar-refractivity contribution < 1.29 is 4.79 Å². The monoisotopic (exact) mass is 208 g/mol. The van der Waals surface area contributed by atoms with Crippen LogP contribution in [0.1, 0.15) is 31.2 Å². The Balaban J connectivity index is 1.85. The van der Waals surface area contributed by atoms with Gasteiger partial charge in [0.25, 0.3) is 0 Å². The van der Waals surface area contributed by atoms with Gasteiger partial charge >= 0.3 is 0 Å². The van der Waals surface area contributed by atoms with Gasteiger partial charge in [0, 0.05) is 0 Å². The second-order valence-corrected chi connectivity index (χ2v) is 4.08. The third kappa shape index (κ3) is 2.18. The number of amides is 1. The normalized spacial score (nSPS) is 17.5. The van der Waals surface area contributed by atoms with E-state index >= 15 is 0 Å². The molecule has 5 nitrogen and oxygen atoms in total. The summed E-state index contributed by atoms with van der Waals surface area (Å²) in [6, 6.07) is 1.95. The molecule has 1 aliphatic carbocycles. The molecule has 5 heteroatoms. The van der Waals surface area contributed by atoms with E-state index in [-0.39, 0.29) is 5.91 Å². The minimum atomic E-state index is -0.590. The van der Waals surface area contributed by atoms with Crippen LogP contribution < -0.4 is 11.1 Å². The highest BCUT2D eigenvalue weighted by atomic mass is 16.2. The van der Waals surface area contributed by atoms with Crippen molar-refractivity contribution >= 4 is 5.91 Å². The number of aromatic nitrogens is 2. The van der Waals surface area contributed by atoms with E-state index in [1.807, 2.05) is 13.0 Å². The number of hydrogen-bond donors (Lipinski definition) is 3. The molecule has 1 aromatic heterocycles. The Morgan fingerprint density at radius 1 is 1.73 bits per heavy atom. The molecule has 0 bridgehead atoms. The van der Waals surface area contributed by atoms with Gasteiger partial charge in [-0.25, -0.2) is 0 Å². The molecule has 1 saturated carbocycles. The summed E-state index contributed by atoms with van der Waals surface area (Å²) in [5.41, 5.74) is 7.09. The maximum atomic E-state index is 11.5. The average Bonchev–Trinajstić information content (AvgIpc) is 2.83. The number of nitrogens with two attached hydrogens (primary N) is 1. The number of H-pyrrole nitrogens is 1. The Morgan fingerprint density at radius 2 is 2.47 bits per heavy atom. The average molecular weight is 208 g/mol. The molecule has 0 radical (unpaired) electrons. The highest BCUT2D eigenvalue weighted by Gasteiger charge is 2.45. The number of rotatable bonds is 4. The second-order valence-electron chi connectivity index (χ2n) is 4.08.